The third-order valence-corrected chi connectivity index (χ3v) is 3.31. The van der Waals surface area contributed by atoms with E-state index in [2.05, 4.69) is 20.9 Å². The van der Waals surface area contributed by atoms with Crippen LogP contribution in [0.4, 0.5) is 0 Å². The van der Waals surface area contributed by atoms with Crippen molar-refractivity contribution in [2.45, 2.75) is 4.90 Å². The summed E-state index contributed by atoms with van der Waals surface area (Å²) in [6, 6.07) is 4.64. The van der Waals surface area contributed by atoms with E-state index in [1.807, 2.05) is 0 Å². The van der Waals surface area contributed by atoms with Crippen molar-refractivity contribution in [1.82, 2.24) is 4.98 Å². The Bertz CT molecular complexity index is 635. The quantitative estimate of drug-likeness (QED) is 0.562. The fourth-order valence-electron chi connectivity index (χ4n) is 1.35. The number of nitrogens with zero attached hydrogens (tertiary/aromatic N) is 1. The molecule has 7 heteroatoms. The topological polar surface area (TPSA) is 67.3 Å². The van der Waals surface area contributed by atoms with E-state index in [9.17, 15) is 8.42 Å². The normalized spacial score (nSPS) is 11.1. The van der Waals surface area contributed by atoms with Crippen LogP contribution in [-0.4, -0.2) is 18.0 Å². The zero-order valence-electron chi connectivity index (χ0n) is 9.38. The van der Waals surface area contributed by atoms with Gasteiger partial charge >= 0.3 is 29.6 Å². The molecule has 4 nitrogen and oxygen atoms in total. The largest absolute Gasteiger partial charge is 1.00 e. The predicted molar refractivity (Wildman–Crippen MR) is 60.4 cm³/mol. The molecule has 0 aliphatic rings. The molecule has 0 spiro atoms. The first-order chi connectivity index (χ1) is 6.98. The van der Waals surface area contributed by atoms with Gasteiger partial charge in [-0.1, -0.05) is 15.9 Å². The fraction of sp³-hybridized carbons (Fsp3) is 0. The first-order valence-electron chi connectivity index (χ1n) is 3.99. The number of hydrogen-bond acceptors (Lipinski definition) is 3. The SMILES string of the molecule is O=S(=O)(O)c1cc(Br)cc2cnccc12.[H-].[Na+]. The zero-order chi connectivity index (χ0) is 11.1. The summed E-state index contributed by atoms with van der Waals surface area (Å²) >= 11 is 3.17. The van der Waals surface area contributed by atoms with Gasteiger partial charge in [0.15, 0.2) is 0 Å². The molecule has 0 saturated carbocycles. The smallest absolute Gasteiger partial charge is 1.00 e. The summed E-state index contributed by atoms with van der Waals surface area (Å²) < 4.78 is 31.8. The van der Waals surface area contributed by atoms with Gasteiger partial charge in [0.2, 0.25) is 0 Å². The van der Waals surface area contributed by atoms with Crippen LogP contribution in [0.1, 0.15) is 1.43 Å². The minimum atomic E-state index is -4.21. The van der Waals surface area contributed by atoms with Crippen LogP contribution in [0.15, 0.2) is 40.0 Å². The molecule has 0 aliphatic heterocycles. The minimum absolute atomic E-state index is 0. The first kappa shape index (κ1) is 14.1. The maximum atomic E-state index is 11.1. The van der Waals surface area contributed by atoms with E-state index in [-0.39, 0.29) is 35.9 Å². The number of fused-ring (bicyclic) bond motifs is 1. The predicted octanol–water partition coefficient (Wildman–Crippen LogP) is -0.639. The maximum Gasteiger partial charge on any atom is 1.00 e. The molecule has 0 bridgehead atoms. The second-order valence-electron chi connectivity index (χ2n) is 2.98. The maximum absolute atomic E-state index is 11.1. The van der Waals surface area contributed by atoms with Gasteiger partial charge in [-0.05, 0) is 18.2 Å². The van der Waals surface area contributed by atoms with E-state index in [0.717, 1.165) is 0 Å². The van der Waals surface area contributed by atoms with Crippen molar-refractivity contribution in [3.05, 3.63) is 35.1 Å². The Balaban J connectivity index is 0.00000128. The number of aromatic nitrogens is 1. The van der Waals surface area contributed by atoms with Crippen LogP contribution < -0.4 is 29.6 Å². The van der Waals surface area contributed by atoms with Gasteiger partial charge in [0.1, 0.15) is 4.90 Å². The van der Waals surface area contributed by atoms with Gasteiger partial charge in [-0.3, -0.25) is 9.54 Å². The Morgan fingerprint density at radius 3 is 2.69 bits per heavy atom. The third-order valence-electron chi connectivity index (χ3n) is 1.96. The molecule has 1 N–H and O–H groups in total. The molecule has 0 aliphatic carbocycles. The molecule has 1 aromatic heterocycles. The molecular weight excluding hydrogens is 305 g/mol. The van der Waals surface area contributed by atoms with Crippen molar-refractivity contribution >= 4 is 36.8 Å². The molecule has 2 rings (SSSR count). The average molecular weight is 312 g/mol. The molecule has 2 aromatic rings. The van der Waals surface area contributed by atoms with Crippen LogP contribution in [0.5, 0.6) is 0 Å². The summed E-state index contributed by atoms with van der Waals surface area (Å²) in [6.07, 6.45) is 3.01. The Kier molecular flexibility index (Phi) is 4.50. The standard InChI is InChI=1S/C9H6BrNO3S.Na.H/c10-7-3-6-5-11-2-1-8(6)9(4-7)15(12,13)14;;/h1-5H,(H,12,13,14);;/q;+1;-1. The number of benzene rings is 1. The van der Waals surface area contributed by atoms with Crippen molar-refractivity contribution in [2.75, 3.05) is 0 Å². The fourth-order valence-corrected chi connectivity index (χ4v) is 2.72. The van der Waals surface area contributed by atoms with Gasteiger partial charge in [-0.15, -0.1) is 0 Å². The van der Waals surface area contributed by atoms with Gasteiger partial charge in [0.25, 0.3) is 10.1 Å². The van der Waals surface area contributed by atoms with Crippen LogP contribution in [0.3, 0.4) is 0 Å². The van der Waals surface area contributed by atoms with E-state index >= 15 is 0 Å². The Morgan fingerprint density at radius 2 is 2.06 bits per heavy atom. The van der Waals surface area contributed by atoms with Crippen molar-refractivity contribution < 1.29 is 44.0 Å². The summed E-state index contributed by atoms with van der Waals surface area (Å²) in [6.45, 7) is 0. The van der Waals surface area contributed by atoms with Gasteiger partial charge in [-0.2, -0.15) is 8.42 Å². The van der Waals surface area contributed by atoms with E-state index < -0.39 is 10.1 Å². The summed E-state index contributed by atoms with van der Waals surface area (Å²) in [5, 5.41) is 1.11. The molecule has 16 heavy (non-hydrogen) atoms. The van der Waals surface area contributed by atoms with Crippen molar-refractivity contribution in [2.24, 2.45) is 0 Å². The Morgan fingerprint density at radius 1 is 1.38 bits per heavy atom. The van der Waals surface area contributed by atoms with Gasteiger partial charge in [0, 0.05) is 27.6 Å². The molecule has 80 valence electrons. The van der Waals surface area contributed by atoms with Crippen molar-refractivity contribution in [1.29, 1.82) is 0 Å². The monoisotopic (exact) mass is 311 g/mol. The molecule has 0 radical (unpaired) electrons. The average Bonchev–Trinajstić information content (AvgIpc) is 2.15. The Hall–Kier alpha value is 0.0200. The summed E-state index contributed by atoms with van der Waals surface area (Å²) in [5.41, 5.74) is 0. The third kappa shape index (κ3) is 2.82. The molecule has 0 atom stereocenters. The molecule has 1 heterocycles. The van der Waals surface area contributed by atoms with Crippen LogP contribution in [-0.2, 0) is 10.1 Å². The van der Waals surface area contributed by atoms with Crippen LogP contribution in [0, 0.1) is 0 Å². The van der Waals surface area contributed by atoms with E-state index in [1.54, 1.807) is 12.1 Å². The number of pyridine rings is 1. The molecule has 0 amide bonds. The second kappa shape index (κ2) is 5.12. The molecular formula is C9H7BrNNaO3S. The molecule has 1 aromatic carbocycles. The van der Waals surface area contributed by atoms with E-state index in [4.69, 9.17) is 4.55 Å². The van der Waals surface area contributed by atoms with E-state index in [0.29, 0.717) is 15.2 Å². The van der Waals surface area contributed by atoms with Gasteiger partial charge < -0.3 is 1.43 Å². The summed E-state index contributed by atoms with van der Waals surface area (Å²) in [7, 11) is -4.21. The van der Waals surface area contributed by atoms with Crippen LogP contribution in [0.25, 0.3) is 10.8 Å². The zero-order valence-corrected chi connectivity index (χ0v) is 12.8. The Labute approximate surface area is 125 Å². The molecule has 0 fully saturated rings. The first-order valence-corrected chi connectivity index (χ1v) is 6.22. The minimum Gasteiger partial charge on any atom is -1.00 e. The van der Waals surface area contributed by atoms with Crippen molar-refractivity contribution in [3.63, 3.8) is 0 Å². The van der Waals surface area contributed by atoms with E-state index in [1.165, 1.54) is 18.5 Å². The summed E-state index contributed by atoms with van der Waals surface area (Å²) in [5.74, 6) is 0. The van der Waals surface area contributed by atoms with Crippen molar-refractivity contribution in [3.8, 4) is 0 Å². The number of hydrogen-bond donors (Lipinski definition) is 1. The second-order valence-corrected chi connectivity index (χ2v) is 5.28. The molecule has 0 unspecified atom stereocenters. The summed E-state index contributed by atoms with van der Waals surface area (Å²) in [4.78, 5) is 3.76. The van der Waals surface area contributed by atoms with Crippen LogP contribution in [0.2, 0.25) is 0 Å². The van der Waals surface area contributed by atoms with Gasteiger partial charge in [0.05, 0.1) is 0 Å². The number of rotatable bonds is 1. The van der Waals surface area contributed by atoms with Gasteiger partial charge in [-0.25, -0.2) is 0 Å². The number of halogens is 1. The molecule has 0 saturated heterocycles. The van der Waals surface area contributed by atoms with Crippen LogP contribution >= 0.6 is 15.9 Å².